The Labute approximate surface area is 156 Å². The molecule has 0 saturated carbocycles. The van der Waals surface area contributed by atoms with Crippen LogP contribution in [0, 0.1) is 41.5 Å². The van der Waals surface area contributed by atoms with E-state index in [0.717, 1.165) is 38.9 Å². The van der Waals surface area contributed by atoms with E-state index in [1.54, 1.807) is 6.92 Å². The summed E-state index contributed by atoms with van der Waals surface area (Å²) in [6.45, 7) is 13.9. The van der Waals surface area contributed by atoms with Crippen LogP contribution >= 0.6 is 0 Å². The largest absolute Gasteiger partial charge is 0.506 e. The first-order valence-electron chi connectivity index (χ1n) is 8.94. The van der Waals surface area contributed by atoms with Gasteiger partial charge in [-0.25, -0.2) is 4.79 Å². The summed E-state index contributed by atoms with van der Waals surface area (Å²) in [5.74, 6) is -0.520. The fourth-order valence-electron chi connectivity index (χ4n) is 3.77. The lowest BCUT2D eigenvalue weighted by Crippen LogP contribution is -2.12. The van der Waals surface area contributed by atoms with Crippen molar-refractivity contribution in [2.45, 2.75) is 48.5 Å². The average molecular weight is 352 g/mol. The molecule has 1 N–H and O–H groups in total. The Balaban J connectivity index is 2.86. The molecule has 0 aliphatic rings. The molecule has 138 valence electrons. The number of hydrogen-bond donors (Lipinski definition) is 1. The number of aryl methyl sites for hydroxylation is 6. The van der Waals surface area contributed by atoms with E-state index >= 15 is 0 Å². The third-order valence-corrected chi connectivity index (χ3v) is 4.56. The lowest BCUT2D eigenvalue weighted by atomic mass is 9.89. The summed E-state index contributed by atoms with van der Waals surface area (Å²) in [5.41, 5.74) is 7.67. The summed E-state index contributed by atoms with van der Waals surface area (Å²) in [4.78, 5) is 12.8. The van der Waals surface area contributed by atoms with Crippen molar-refractivity contribution >= 4 is 17.3 Å². The van der Waals surface area contributed by atoms with Gasteiger partial charge >= 0.3 is 5.97 Å². The highest BCUT2D eigenvalue weighted by atomic mass is 16.5. The zero-order valence-electron chi connectivity index (χ0n) is 16.8. The van der Waals surface area contributed by atoms with Crippen LogP contribution in [-0.4, -0.2) is 17.7 Å². The number of aliphatic hydroxyl groups is 1. The van der Waals surface area contributed by atoms with Crippen molar-refractivity contribution in [2.75, 3.05) is 6.61 Å². The molecule has 3 heteroatoms. The minimum atomic E-state index is -0.501. The van der Waals surface area contributed by atoms with Crippen LogP contribution in [0.1, 0.15) is 51.4 Å². The van der Waals surface area contributed by atoms with Crippen LogP contribution in [0.5, 0.6) is 0 Å². The molecule has 2 aromatic rings. The minimum Gasteiger partial charge on any atom is -0.506 e. The first-order chi connectivity index (χ1) is 12.2. The van der Waals surface area contributed by atoms with Gasteiger partial charge in [-0.05, 0) is 76.3 Å². The molecule has 0 fully saturated rings. The first-order valence-corrected chi connectivity index (χ1v) is 8.94. The van der Waals surface area contributed by atoms with E-state index in [1.807, 2.05) is 65.8 Å². The fraction of sp³-hybridized carbons (Fsp3) is 0.348. The van der Waals surface area contributed by atoms with Crippen LogP contribution in [0.4, 0.5) is 0 Å². The van der Waals surface area contributed by atoms with Crippen LogP contribution in [0.2, 0.25) is 0 Å². The van der Waals surface area contributed by atoms with Gasteiger partial charge in [0.05, 0.1) is 6.61 Å². The SMILES string of the molecule is CCOC(=O)/C(=C(/O)c1c(C)cc(C)cc1C)c1c(C)cc(C)cc1C. The summed E-state index contributed by atoms with van der Waals surface area (Å²) in [7, 11) is 0. The molecule has 0 aromatic heterocycles. The van der Waals surface area contributed by atoms with E-state index in [2.05, 4.69) is 0 Å². The zero-order chi connectivity index (χ0) is 19.6. The van der Waals surface area contributed by atoms with Gasteiger partial charge in [0.25, 0.3) is 0 Å². The molecule has 3 nitrogen and oxygen atoms in total. The Morgan fingerprint density at radius 1 is 0.808 bits per heavy atom. The Morgan fingerprint density at radius 2 is 1.19 bits per heavy atom. The van der Waals surface area contributed by atoms with Crippen molar-refractivity contribution in [3.05, 3.63) is 68.8 Å². The van der Waals surface area contributed by atoms with Crippen LogP contribution in [-0.2, 0) is 9.53 Å². The number of carbonyl (C=O) groups is 1. The lowest BCUT2D eigenvalue weighted by molar-refractivity contribution is -0.136. The number of benzene rings is 2. The predicted octanol–water partition coefficient (Wildman–Crippen LogP) is 5.53. The molecule has 0 heterocycles. The van der Waals surface area contributed by atoms with Gasteiger partial charge in [-0.1, -0.05) is 35.4 Å². The molecule has 0 spiro atoms. The van der Waals surface area contributed by atoms with Gasteiger partial charge in [0.15, 0.2) is 0 Å². The van der Waals surface area contributed by atoms with Crippen molar-refractivity contribution < 1.29 is 14.6 Å². The molecule has 0 amide bonds. The topological polar surface area (TPSA) is 46.5 Å². The normalized spacial score (nSPS) is 12.0. The number of carbonyl (C=O) groups excluding carboxylic acids is 1. The van der Waals surface area contributed by atoms with Crippen LogP contribution in [0.15, 0.2) is 24.3 Å². The number of rotatable bonds is 4. The molecule has 0 aliphatic carbocycles. The maximum Gasteiger partial charge on any atom is 0.342 e. The quantitative estimate of drug-likeness (QED) is 0.341. The van der Waals surface area contributed by atoms with Crippen molar-refractivity contribution in [2.24, 2.45) is 0 Å². The van der Waals surface area contributed by atoms with E-state index in [0.29, 0.717) is 5.56 Å². The van der Waals surface area contributed by atoms with Crippen molar-refractivity contribution in [3.8, 4) is 0 Å². The summed E-state index contributed by atoms with van der Waals surface area (Å²) >= 11 is 0. The second kappa shape index (κ2) is 7.77. The second-order valence-electron chi connectivity index (χ2n) is 6.99. The maximum atomic E-state index is 12.8. The Hall–Kier alpha value is -2.55. The third-order valence-electron chi connectivity index (χ3n) is 4.56. The molecule has 26 heavy (non-hydrogen) atoms. The van der Waals surface area contributed by atoms with Crippen LogP contribution in [0.25, 0.3) is 11.3 Å². The predicted molar refractivity (Wildman–Crippen MR) is 107 cm³/mol. The Bertz CT molecular complexity index is 842. The molecule has 0 bridgehead atoms. The summed E-state index contributed by atoms with van der Waals surface area (Å²) < 4.78 is 5.29. The smallest absolute Gasteiger partial charge is 0.342 e. The van der Waals surface area contributed by atoms with Crippen molar-refractivity contribution in [1.29, 1.82) is 0 Å². The van der Waals surface area contributed by atoms with Gasteiger partial charge in [-0.3, -0.25) is 0 Å². The highest BCUT2D eigenvalue weighted by Gasteiger charge is 2.25. The van der Waals surface area contributed by atoms with Crippen molar-refractivity contribution in [1.82, 2.24) is 0 Å². The van der Waals surface area contributed by atoms with Crippen LogP contribution < -0.4 is 0 Å². The highest BCUT2D eigenvalue weighted by Crippen LogP contribution is 2.34. The van der Waals surface area contributed by atoms with Gasteiger partial charge < -0.3 is 9.84 Å². The van der Waals surface area contributed by atoms with Crippen molar-refractivity contribution in [3.63, 3.8) is 0 Å². The number of esters is 1. The lowest BCUT2D eigenvalue weighted by Gasteiger charge is -2.18. The summed E-state index contributed by atoms with van der Waals surface area (Å²) in [6.07, 6.45) is 0. The van der Waals surface area contributed by atoms with Gasteiger partial charge in [0.1, 0.15) is 11.3 Å². The number of aliphatic hydroxyl groups excluding tert-OH is 1. The van der Waals surface area contributed by atoms with Gasteiger partial charge in [-0.2, -0.15) is 0 Å². The highest BCUT2D eigenvalue weighted by molar-refractivity contribution is 6.24. The van der Waals surface area contributed by atoms with E-state index in [4.69, 9.17) is 4.74 Å². The van der Waals surface area contributed by atoms with E-state index in [1.165, 1.54) is 0 Å². The zero-order valence-corrected chi connectivity index (χ0v) is 16.8. The van der Waals surface area contributed by atoms with Gasteiger partial charge in [0.2, 0.25) is 0 Å². The monoisotopic (exact) mass is 352 g/mol. The molecule has 0 aliphatic heterocycles. The maximum absolute atomic E-state index is 12.8. The molecule has 2 aromatic carbocycles. The van der Waals surface area contributed by atoms with Gasteiger partial charge in [0, 0.05) is 5.56 Å². The second-order valence-corrected chi connectivity index (χ2v) is 6.99. The molecular formula is C23H28O3. The number of ether oxygens (including phenoxy) is 1. The Morgan fingerprint density at radius 3 is 1.58 bits per heavy atom. The Kier molecular flexibility index (Phi) is 5.91. The van der Waals surface area contributed by atoms with E-state index in [-0.39, 0.29) is 17.9 Å². The fourth-order valence-corrected chi connectivity index (χ4v) is 3.77. The standard InChI is InChI=1S/C23H28O3/c1-8-26-23(25)21(19-15(4)9-13(2)10-16(19)5)22(24)20-17(6)11-14(3)12-18(20)7/h9-12,24H,8H2,1-7H3/b22-21+. The first kappa shape index (κ1) is 19.8. The van der Waals surface area contributed by atoms with E-state index in [9.17, 15) is 9.90 Å². The average Bonchev–Trinajstić information content (AvgIpc) is 2.49. The molecule has 0 radical (unpaired) electrons. The third kappa shape index (κ3) is 3.82. The van der Waals surface area contributed by atoms with E-state index < -0.39 is 5.97 Å². The number of hydrogen-bond acceptors (Lipinski definition) is 3. The summed E-state index contributed by atoms with van der Waals surface area (Å²) in [6, 6.07) is 8.06. The molecule has 2 rings (SSSR count). The van der Waals surface area contributed by atoms with Crippen LogP contribution in [0.3, 0.4) is 0 Å². The molecule has 0 unspecified atom stereocenters. The molecule has 0 saturated heterocycles. The molecular weight excluding hydrogens is 324 g/mol. The molecule has 0 atom stereocenters. The summed E-state index contributed by atoms with van der Waals surface area (Å²) in [5, 5.41) is 11.2. The van der Waals surface area contributed by atoms with Gasteiger partial charge in [-0.15, -0.1) is 0 Å². The minimum absolute atomic E-state index is 0.0199.